The van der Waals surface area contributed by atoms with Gasteiger partial charge >= 0.3 is 5.97 Å². The van der Waals surface area contributed by atoms with Gasteiger partial charge in [0.15, 0.2) is 0 Å². The van der Waals surface area contributed by atoms with Crippen LogP contribution < -0.4 is 4.72 Å². The molecule has 0 aliphatic rings. The Morgan fingerprint density at radius 3 is 2.81 bits per heavy atom. The van der Waals surface area contributed by atoms with Crippen LogP contribution in [0.4, 0.5) is 10.2 Å². The number of rotatable bonds is 4. The van der Waals surface area contributed by atoms with Gasteiger partial charge in [0.05, 0.1) is 10.9 Å². The Hall–Kier alpha value is -1.52. The van der Waals surface area contributed by atoms with Gasteiger partial charge in [-0.15, -0.1) is 11.3 Å². The standard InChI is InChI=1S/C11H8BrFN2O4S2/c1-19-11(16)6-5-7(10(12)20-6)21(17,18)15-9-4-2-3-8(13)14-9/h2-5H,1H3,(H,14,15). The van der Waals surface area contributed by atoms with E-state index in [-0.39, 0.29) is 19.4 Å². The van der Waals surface area contributed by atoms with Crippen LogP contribution in [-0.2, 0) is 14.8 Å². The van der Waals surface area contributed by atoms with E-state index in [4.69, 9.17) is 0 Å². The summed E-state index contributed by atoms with van der Waals surface area (Å²) in [6.07, 6.45) is 0. The van der Waals surface area contributed by atoms with Crippen molar-refractivity contribution in [2.75, 3.05) is 11.8 Å². The van der Waals surface area contributed by atoms with Gasteiger partial charge in [-0.3, -0.25) is 4.72 Å². The first-order chi connectivity index (χ1) is 9.83. The molecule has 0 aliphatic carbocycles. The molecule has 0 fully saturated rings. The first-order valence-corrected chi connectivity index (χ1v) is 8.46. The summed E-state index contributed by atoms with van der Waals surface area (Å²) >= 11 is 3.99. The number of sulfonamides is 1. The summed E-state index contributed by atoms with van der Waals surface area (Å²) in [5, 5.41) is 0. The van der Waals surface area contributed by atoms with Gasteiger partial charge in [0.1, 0.15) is 15.6 Å². The molecular weight excluding hydrogens is 387 g/mol. The second-order valence-corrected chi connectivity index (χ2v) is 7.71. The van der Waals surface area contributed by atoms with Crippen molar-refractivity contribution in [3.05, 3.63) is 38.9 Å². The summed E-state index contributed by atoms with van der Waals surface area (Å²) < 4.78 is 44.3. The highest BCUT2D eigenvalue weighted by Gasteiger charge is 2.24. The highest BCUT2D eigenvalue weighted by Crippen LogP contribution is 2.33. The molecule has 1 N–H and O–H groups in total. The van der Waals surface area contributed by atoms with E-state index in [2.05, 4.69) is 30.4 Å². The van der Waals surface area contributed by atoms with Crippen LogP contribution in [0.3, 0.4) is 0 Å². The van der Waals surface area contributed by atoms with Crippen molar-refractivity contribution in [2.24, 2.45) is 0 Å². The van der Waals surface area contributed by atoms with E-state index in [0.717, 1.165) is 17.4 Å². The number of thiophene rings is 1. The molecule has 0 radical (unpaired) electrons. The quantitative estimate of drug-likeness (QED) is 0.636. The molecule has 0 aromatic carbocycles. The molecule has 0 spiro atoms. The van der Waals surface area contributed by atoms with Gasteiger partial charge in [-0.05, 0) is 34.1 Å². The van der Waals surface area contributed by atoms with E-state index in [9.17, 15) is 17.6 Å². The molecule has 2 aromatic heterocycles. The van der Waals surface area contributed by atoms with Crippen LogP contribution in [0, 0.1) is 5.95 Å². The number of esters is 1. The smallest absolute Gasteiger partial charge is 0.348 e. The van der Waals surface area contributed by atoms with E-state index in [1.54, 1.807) is 0 Å². The van der Waals surface area contributed by atoms with Crippen molar-refractivity contribution < 1.29 is 22.3 Å². The Morgan fingerprint density at radius 1 is 1.48 bits per heavy atom. The molecule has 0 unspecified atom stereocenters. The predicted molar refractivity (Wildman–Crippen MR) is 78.4 cm³/mol. The molecule has 10 heteroatoms. The van der Waals surface area contributed by atoms with Crippen molar-refractivity contribution in [3.8, 4) is 0 Å². The Kier molecular flexibility index (Phi) is 4.59. The Bertz CT molecular complexity index is 791. The minimum absolute atomic E-state index is 0.122. The van der Waals surface area contributed by atoms with Crippen molar-refractivity contribution >= 4 is 49.1 Å². The summed E-state index contributed by atoms with van der Waals surface area (Å²) in [7, 11) is -2.81. The summed E-state index contributed by atoms with van der Waals surface area (Å²) in [6, 6.07) is 4.89. The van der Waals surface area contributed by atoms with Crippen LogP contribution in [0.25, 0.3) is 0 Å². The topological polar surface area (TPSA) is 85.4 Å². The molecule has 0 saturated heterocycles. The summed E-state index contributed by atoms with van der Waals surface area (Å²) in [4.78, 5) is 14.8. The molecule has 0 bridgehead atoms. The van der Waals surface area contributed by atoms with E-state index >= 15 is 0 Å². The molecule has 0 aliphatic heterocycles. The van der Waals surface area contributed by atoms with Crippen LogP contribution >= 0.6 is 27.3 Å². The Morgan fingerprint density at radius 2 is 2.19 bits per heavy atom. The van der Waals surface area contributed by atoms with Crippen LogP contribution in [0.5, 0.6) is 0 Å². The third-order valence-electron chi connectivity index (χ3n) is 2.29. The number of aromatic nitrogens is 1. The van der Waals surface area contributed by atoms with Gasteiger partial charge in [-0.2, -0.15) is 4.39 Å². The summed E-state index contributed by atoms with van der Waals surface area (Å²) in [5.74, 6) is -1.62. The monoisotopic (exact) mass is 394 g/mol. The average Bonchev–Trinajstić information content (AvgIpc) is 2.80. The van der Waals surface area contributed by atoms with Crippen molar-refractivity contribution in [1.29, 1.82) is 0 Å². The zero-order valence-corrected chi connectivity index (χ0v) is 13.7. The fourth-order valence-corrected chi connectivity index (χ4v) is 4.88. The number of carbonyl (C=O) groups is 1. The molecular formula is C11H8BrFN2O4S2. The number of halogens is 2. The number of nitrogens with zero attached hydrogens (tertiary/aromatic N) is 1. The molecule has 2 aromatic rings. The van der Waals surface area contributed by atoms with Gasteiger partial charge < -0.3 is 4.74 Å². The van der Waals surface area contributed by atoms with E-state index in [1.807, 2.05) is 0 Å². The molecule has 21 heavy (non-hydrogen) atoms. The molecule has 2 rings (SSSR count). The maximum Gasteiger partial charge on any atom is 0.348 e. The molecule has 0 amide bonds. The van der Waals surface area contributed by atoms with Crippen molar-refractivity contribution in [3.63, 3.8) is 0 Å². The Labute approximate surface area is 132 Å². The number of methoxy groups -OCH3 is 1. The Balaban J connectivity index is 2.36. The van der Waals surface area contributed by atoms with Crippen LogP contribution in [0.1, 0.15) is 9.67 Å². The number of carbonyl (C=O) groups excluding carboxylic acids is 1. The second kappa shape index (κ2) is 6.08. The zero-order chi connectivity index (χ0) is 15.6. The maximum absolute atomic E-state index is 13.0. The number of anilines is 1. The summed E-state index contributed by atoms with van der Waals surface area (Å²) in [5.41, 5.74) is 0. The molecule has 2 heterocycles. The predicted octanol–water partition coefficient (Wildman–Crippen LogP) is 2.63. The van der Waals surface area contributed by atoms with Gasteiger partial charge in [0, 0.05) is 0 Å². The van der Waals surface area contributed by atoms with Gasteiger partial charge in [-0.1, -0.05) is 6.07 Å². The molecule has 0 atom stereocenters. The average molecular weight is 395 g/mol. The lowest BCUT2D eigenvalue weighted by Crippen LogP contribution is -2.14. The van der Waals surface area contributed by atoms with Crippen LogP contribution in [-0.4, -0.2) is 26.5 Å². The van der Waals surface area contributed by atoms with Gasteiger partial charge in [0.25, 0.3) is 10.0 Å². The van der Waals surface area contributed by atoms with E-state index in [0.29, 0.717) is 0 Å². The van der Waals surface area contributed by atoms with Crippen LogP contribution in [0.15, 0.2) is 32.9 Å². The van der Waals surface area contributed by atoms with Gasteiger partial charge in [0.2, 0.25) is 5.95 Å². The van der Waals surface area contributed by atoms with E-state index < -0.39 is 21.9 Å². The minimum atomic E-state index is -4.01. The lowest BCUT2D eigenvalue weighted by molar-refractivity contribution is 0.0606. The number of nitrogens with one attached hydrogen (secondary N) is 1. The first kappa shape index (κ1) is 15.9. The number of hydrogen-bond acceptors (Lipinski definition) is 6. The van der Waals surface area contributed by atoms with Crippen LogP contribution in [0.2, 0.25) is 0 Å². The van der Waals surface area contributed by atoms with Crippen molar-refractivity contribution in [2.45, 2.75) is 4.90 Å². The highest BCUT2D eigenvalue weighted by molar-refractivity contribution is 9.11. The number of pyridine rings is 1. The lowest BCUT2D eigenvalue weighted by Gasteiger charge is -2.05. The van der Waals surface area contributed by atoms with Crippen molar-refractivity contribution in [1.82, 2.24) is 4.98 Å². The number of ether oxygens (including phenoxy) is 1. The molecule has 0 saturated carbocycles. The number of hydrogen-bond donors (Lipinski definition) is 1. The first-order valence-electron chi connectivity index (χ1n) is 5.36. The zero-order valence-electron chi connectivity index (χ0n) is 10.5. The maximum atomic E-state index is 13.0. The normalized spacial score (nSPS) is 11.2. The third-order valence-corrected chi connectivity index (χ3v) is 5.87. The highest BCUT2D eigenvalue weighted by atomic mass is 79.9. The van der Waals surface area contributed by atoms with Gasteiger partial charge in [-0.25, -0.2) is 18.2 Å². The summed E-state index contributed by atoms with van der Waals surface area (Å²) in [6.45, 7) is 0. The fourth-order valence-electron chi connectivity index (χ4n) is 1.39. The van der Waals surface area contributed by atoms with E-state index in [1.165, 1.54) is 25.3 Å². The lowest BCUT2D eigenvalue weighted by atomic mass is 10.5. The minimum Gasteiger partial charge on any atom is -0.465 e. The second-order valence-electron chi connectivity index (χ2n) is 3.69. The fraction of sp³-hybridized carbons (Fsp3) is 0.0909. The molecule has 6 nitrogen and oxygen atoms in total. The molecule has 112 valence electrons. The third kappa shape index (κ3) is 3.57. The largest absolute Gasteiger partial charge is 0.465 e. The SMILES string of the molecule is COC(=O)c1cc(S(=O)(=O)Nc2cccc(F)n2)c(Br)s1.